The maximum Gasteiger partial charge on any atom is 0.355 e. The number of hydrogen-bond donors (Lipinski definition) is 1. The lowest BCUT2D eigenvalue weighted by Crippen LogP contribution is -2.49. The van der Waals surface area contributed by atoms with Gasteiger partial charge in [-0.05, 0) is 18.6 Å². The van der Waals surface area contributed by atoms with Crippen LogP contribution in [-0.4, -0.2) is 53.8 Å². The molecular weight excluding hydrogens is 386 g/mol. The van der Waals surface area contributed by atoms with Crippen LogP contribution in [0.3, 0.4) is 0 Å². The van der Waals surface area contributed by atoms with E-state index >= 15 is 0 Å². The molecule has 0 aromatic heterocycles. The van der Waals surface area contributed by atoms with Gasteiger partial charge in [-0.3, -0.25) is 19.7 Å². The van der Waals surface area contributed by atoms with E-state index in [9.17, 15) is 29.3 Å². The van der Waals surface area contributed by atoms with Crippen molar-refractivity contribution >= 4 is 35.1 Å². The average molecular weight is 403 g/mol. The van der Waals surface area contributed by atoms with Gasteiger partial charge in [0.05, 0.1) is 30.1 Å². The molecule has 1 N–H and O–H groups in total. The number of rotatable bonds is 5. The van der Waals surface area contributed by atoms with Gasteiger partial charge in [0.25, 0.3) is 5.69 Å². The van der Waals surface area contributed by atoms with E-state index in [-0.39, 0.29) is 43.0 Å². The number of esters is 2. The van der Waals surface area contributed by atoms with Gasteiger partial charge >= 0.3 is 11.9 Å². The van der Waals surface area contributed by atoms with Crippen LogP contribution < -0.4 is 5.32 Å². The van der Waals surface area contributed by atoms with E-state index in [1.807, 2.05) is 0 Å². The Morgan fingerprint density at radius 1 is 1.31 bits per heavy atom. The summed E-state index contributed by atoms with van der Waals surface area (Å²) in [5, 5.41) is 13.2. The summed E-state index contributed by atoms with van der Waals surface area (Å²) in [5.74, 6) is -3.37. The monoisotopic (exact) mass is 403 g/mol. The van der Waals surface area contributed by atoms with Gasteiger partial charge in [-0.2, -0.15) is 0 Å². The number of amides is 2. The molecule has 1 aromatic rings. The molecule has 1 saturated heterocycles. The zero-order valence-corrected chi connectivity index (χ0v) is 15.4. The number of carbonyl (C=O) groups is 4. The molecule has 1 aromatic carbocycles. The Kier molecular flexibility index (Phi) is 5.57. The number of nitrogens with one attached hydrogen (secondary N) is 1. The number of nitro benzene ring substituents is 1. The maximum absolute atomic E-state index is 12.7. The molecule has 2 heterocycles. The van der Waals surface area contributed by atoms with Crippen molar-refractivity contribution in [3.63, 3.8) is 0 Å². The van der Waals surface area contributed by atoms with Crippen LogP contribution in [0.4, 0.5) is 11.4 Å². The molecule has 0 radical (unpaired) electrons. The number of hydrogen-bond acceptors (Lipinski definition) is 8. The smallest absolute Gasteiger partial charge is 0.355 e. The van der Waals surface area contributed by atoms with Gasteiger partial charge < -0.3 is 19.7 Å². The second-order valence-electron chi connectivity index (χ2n) is 6.40. The van der Waals surface area contributed by atoms with Crippen LogP contribution in [0, 0.1) is 16.0 Å². The number of cyclic esters (lactones) is 1. The predicted molar refractivity (Wildman–Crippen MR) is 96.2 cm³/mol. The van der Waals surface area contributed by atoms with Crippen LogP contribution in [0.1, 0.15) is 12.8 Å². The first-order valence-corrected chi connectivity index (χ1v) is 8.66. The van der Waals surface area contributed by atoms with Gasteiger partial charge in [0.1, 0.15) is 12.3 Å². The molecule has 29 heavy (non-hydrogen) atoms. The topological polar surface area (TPSA) is 145 Å². The molecule has 2 aliphatic heterocycles. The van der Waals surface area contributed by atoms with E-state index in [4.69, 9.17) is 9.47 Å². The Balaban J connectivity index is 1.76. The van der Waals surface area contributed by atoms with Gasteiger partial charge in [0.2, 0.25) is 11.8 Å². The summed E-state index contributed by atoms with van der Waals surface area (Å²) >= 11 is 0. The molecular formula is C18H17N3O8. The number of anilines is 1. The average Bonchev–Trinajstić information content (AvgIpc) is 2.70. The number of non-ortho nitro benzene ring substituents is 1. The molecule has 11 heteroatoms. The summed E-state index contributed by atoms with van der Waals surface area (Å²) < 4.78 is 9.62. The van der Waals surface area contributed by atoms with Crippen molar-refractivity contribution in [3.05, 3.63) is 45.6 Å². The van der Waals surface area contributed by atoms with E-state index in [0.29, 0.717) is 5.69 Å². The predicted octanol–water partition coefficient (Wildman–Crippen LogP) is 0.756. The van der Waals surface area contributed by atoms with Crippen molar-refractivity contribution in [1.29, 1.82) is 0 Å². The third-order valence-corrected chi connectivity index (χ3v) is 4.59. The first-order valence-electron chi connectivity index (χ1n) is 8.66. The normalized spacial score (nSPS) is 18.7. The van der Waals surface area contributed by atoms with Gasteiger partial charge in [0.15, 0.2) is 0 Å². The van der Waals surface area contributed by atoms with E-state index in [0.717, 1.165) is 12.0 Å². The number of carbonyl (C=O) groups excluding carboxylic acids is 4. The third kappa shape index (κ3) is 4.08. The first kappa shape index (κ1) is 20.0. The van der Waals surface area contributed by atoms with E-state index in [1.54, 1.807) is 0 Å². The lowest BCUT2D eigenvalue weighted by Gasteiger charge is -2.36. The van der Waals surface area contributed by atoms with E-state index in [1.165, 1.54) is 24.3 Å². The molecule has 3 rings (SSSR count). The van der Waals surface area contributed by atoms with E-state index < -0.39 is 34.6 Å². The van der Waals surface area contributed by atoms with Crippen molar-refractivity contribution in [2.45, 2.75) is 12.8 Å². The number of benzene rings is 1. The van der Waals surface area contributed by atoms with Crippen LogP contribution >= 0.6 is 0 Å². The summed E-state index contributed by atoms with van der Waals surface area (Å²) in [4.78, 5) is 60.5. The number of ether oxygens (including phenoxy) is 2. The summed E-state index contributed by atoms with van der Waals surface area (Å²) in [6.07, 6.45) is -0.380. The SMILES string of the molecule is COC(=O)C1=C2C(=O)OCCN2C(=O)C(CC(=O)Nc2ccc([N+](=O)[O-])cc2)C1. The molecule has 1 fully saturated rings. The molecule has 11 nitrogen and oxygen atoms in total. The van der Waals surface area contributed by atoms with Crippen molar-refractivity contribution in [1.82, 2.24) is 4.90 Å². The summed E-state index contributed by atoms with van der Waals surface area (Å²) in [7, 11) is 1.15. The van der Waals surface area contributed by atoms with Crippen molar-refractivity contribution in [3.8, 4) is 0 Å². The highest BCUT2D eigenvalue weighted by molar-refractivity contribution is 6.06. The number of morpholine rings is 1. The Hall–Kier alpha value is -3.76. The number of fused-ring (bicyclic) bond motifs is 1. The number of methoxy groups -OCH3 is 1. The van der Waals surface area contributed by atoms with Gasteiger partial charge in [0, 0.05) is 24.2 Å². The fourth-order valence-corrected chi connectivity index (χ4v) is 3.24. The molecule has 152 valence electrons. The fourth-order valence-electron chi connectivity index (χ4n) is 3.24. The molecule has 0 saturated carbocycles. The van der Waals surface area contributed by atoms with Gasteiger partial charge in [-0.25, -0.2) is 9.59 Å². The summed E-state index contributed by atoms with van der Waals surface area (Å²) in [5.41, 5.74) is 0.0581. The Labute approximate surface area is 164 Å². The van der Waals surface area contributed by atoms with Crippen LogP contribution in [-0.2, 0) is 28.7 Å². The third-order valence-electron chi connectivity index (χ3n) is 4.59. The molecule has 2 aliphatic rings. The minimum absolute atomic E-state index is 0.00932. The molecule has 2 amide bonds. The van der Waals surface area contributed by atoms with Crippen LogP contribution in [0.5, 0.6) is 0 Å². The van der Waals surface area contributed by atoms with Crippen LogP contribution in [0.25, 0.3) is 0 Å². The second-order valence-corrected chi connectivity index (χ2v) is 6.40. The number of nitro groups is 1. The molecule has 0 aliphatic carbocycles. The molecule has 0 spiro atoms. The Morgan fingerprint density at radius 3 is 2.62 bits per heavy atom. The van der Waals surface area contributed by atoms with Crippen molar-refractivity contribution in [2.75, 3.05) is 25.6 Å². The molecule has 1 unspecified atom stereocenters. The second kappa shape index (κ2) is 8.09. The lowest BCUT2D eigenvalue weighted by atomic mass is 9.88. The van der Waals surface area contributed by atoms with Crippen molar-refractivity contribution in [2.24, 2.45) is 5.92 Å². The lowest BCUT2D eigenvalue weighted by molar-refractivity contribution is -0.384. The Bertz CT molecular complexity index is 922. The first-order chi connectivity index (χ1) is 13.8. The van der Waals surface area contributed by atoms with E-state index in [2.05, 4.69) is 5.32 Å². The highest BCUT2D eigenvalue weighted by atomic mass is 16.6. The highest BCUT2D eigenvalue weighted by Crippen LogP contribution is 2.32. The zero-order valence-electron chi connectivity index (χ0n) is 15.4. The highest BCUT2D eigenvalue weighted by Gasteiger charge is 2.43. The van der Waals surface area contributed by atoms with Gasteiger partial charge in [-0.15, -0.1) is 0 Å². The largest absolute Gasteiger partial charge is 0.466 e. The van der Waals surface area contributed by atoms with Crippen LogP contribution in [0.15, 0.2) is 35.5 Å². The zero-order chi connectivity index (χ0) is 21.1. The summed E-state index contributed by atoms with van der Waals surface area (Å²) in [6.45, 7) is 0.0745. The molecule has 1 atom stereocenters. The fraction of sp³-hybridized carbons (Fsp3) is 0.333. The summed E-state index contributed by atoms with van der Waals surface area (Å²) in [6, 6.07) is 5.23. The maximum atomic E-state index is 12.7. The number of nitrogens with zero attached hydrogens (tertiary/aromatic N) is 2. The minimum atomic E-state index is -0.864. The van der Waals surface area contributed by atoms with Gasteiger partial charge in [-0.1, -0.05) is 0 Å². The minimum Gasteiger partial charge on any atom is -0.466 e. The molecule has 0 bridgehead atoms. The Morgan fingerprint density at radius 2 is 2.00 bits per heavy atom. The van der Waals surface area contributed by atoms with Crippen LogP contribution in [0.2, 0.25) is 0 Å². The quantitative estimate of drug-likeness (QED) is 0.431. The standard InChI is InChI=1S/C18H17N3O8/c1-28-17(24)13-8-10(16(23)20-6-7-29-18(25)15(13)20)9-14(22)19-11-2-4-12(5-3-11)21(26)27/h2-5,10H,6-9H2,1H3,(H,19,22). The van der Waals surface area contributed by atoms with Crippen molar-refractivity contribution < 1.29 is 33.6 Å².